The van der Waals surface area contributed by atoms with E-state index in [-0.39, 0.29) is 11.8 Å². The van der Waals surface area contributed by atoms with E-state index < -0.39 is 0 Å². The van der Waals surface area contributed by atoms with Crippen LogP contribution in [-0.2, 0) is 24.2 Å². The van der Waals surface area contributed by atoms with Gasteiger partial charge in [-0.05, 0) is 24.8 Å². The predicted molar refractivity (Wildman–Crippen MR) is 101 cm³/mol. The molecule has 1 N–H and O–H groups in total. The third kappa shape index (κ3) is 3.93. The van der Waals surface area contributed by atoms with Crippen molar-refractivity contribution in [3.8, 4) is 0 Å². The van der Waals surface area contributed by atoms with E-state index in [1.807, 2.05) is 29.3 Å². The smallest absolute Gasteiger partial charge is 0.222 e. The number of carbonyl (C=O) groups excluding carboxylic acids is 1. The maximum atomic E-state index is 12.7. The third-order valence-corrected chi connectivity index (χ3v) is 5.44. The molecule has 1 amide bonds. The fourth-order valence-electron chi connectivity index (χ4n) is 3.92. The highest BCUT2D eigenvalue weighted by Gasteiger charge is 2.27. The minimum Gasteiger partial charge on any atom is -0.342 e. The van der Waals surface area contributed by atoms with E-state index in [0.29, 0.717) is 6.42 Å². The first-order valence-corrected chi connectivity index (χ1v) is 9.67. The molecule has 2 aromatic rings. The first kappa shape index (κ1) is 17.2. The predicted octanol–water partition coefficient (Wildman–Crippen LogP) is 2.46. The summed E-state index contributed by atoms with van der Waals surface area (Å²) in [5.41, 5.74) is 3.62. The number of likely N-dealkylation sites (tertiary alicyclic amines) is 1. The number of fused-ring (bicyclic) bond motifs is 1. The van der Waals surface area contributed by atoms with E-state index in [2.05, 4.69) is 22.4 Å². The number of rotatable bonds is 4. The Balaban J connectivity index is 1.38. The molecule has 26 heavy (non-hydrogen) atoms. The summed E-state index contributed by atoms with van der Waals surface area (Å²) in [4.78, 5) is 24.1. The minimum atomic E-state index is 0.251. The van der Waals surface area contributed by atoms with Crippen LogP contribution in [0.2, 0.25) is 0 Å². The zero-order valence-corrected chi connectivity index (χ0v) is 15.2. The Morgan fingerprint density at radius 3 is 3.04 bits per heavy atom. The van der Waals surface area contributed by atoms with Crippen LogP contribution in [0.3, 0.4) is 0 Å². The van der Waals surface area contributed by atoms with Crippen LogP contribution in [0.1, 0.15) is 47.8 Å². The largest absolute Gasteiger partial charge is 0.342 e. The van der Waals surface area contributed by atoms with Crippen molar-refractivity contribution in [3.05, 3.63) is 59.2 Å². The Labute approximate surface area is 154 Å². The van der Waals surface area contributed by atoms with E-state index in [4.69, 9.17) is 4.98 Å². The van der Waals surface area contributed by atoms with Crippen molar-refractivity contribution in [2.24, 2.45) is 0 Å². The van der Waals surface area contributed by atoms with Crippen LogP contribution in [0.25, 0.3) is 0 Å². The quantitative estimate of drug-likeness (QED) is 0.920. The average Bonchev–Trinajstić information content (AvgIpc) is 2.72. The number of benzene rings is 1. The molecular formula is C21H26N4O. The van der Waals surface area contributed by atoms with Gasteiger partial charge in [0.1, 0.15) is 5.82 Å². The second-order valence-electron chi connectivity index (χ2n) is 7.29. The van der Waals surface area contributed by atoms with Crippen LogP contribution >= 0.6 is 0 Å². The molecule has 0 spiro atoms. The molecule has 1 aromatic heterocycles. The van der Waals surface area contributed by atoms with E-state index in [1.54, 1.807) is 0 Å². The van der Waals surface area contributed by atoms with Crippen LogP contribution in [0.4, 0.5) is 0 Å². The van der Waals surface area contributed by atoms with Gasteiger partial charge in [0.2, 0.25) is 5.91 Å². The molecule has 0 aliphatic carbocycles. The van der Waals surface area contributed by atoms with Gasteiger partial charge < -0.3 is 10.2 Å². The summed E-state index contributed by atoms with van der Waals surface area (Å²) in [7, 11) is 0. The lowest BCUT2D eigenvalue weighted by Crippen LogP contribution is -2.39. The normalized spacial score (nSPS) is 19.8. The maximum Gasteiger partial charge on any atom is 0.222 e. The Morgan fingerprint density at radius 1 is 1.27 bits per heavy atom. The Hall–Kier alpha value is -2.27. The minimum absolute atomic E-state index is 0.251. The maximum absolute atomic E-state index is 12.7. The second kappa shape index (κ2) is 7.96. The summed E-state index contributed by atoms with van der Waals surface area (Å²) in [5.74, 6) is 1.44. The fraction of sp³-hybridized carbons (Fsp3) is 0.476. The third-order valence-electron chi connectivity index (χ3n) is 5.44. The van der Waals surface area contributed by atoms with Gasteiger partial charge in [0.25, 0.3) is 0 Å². The van der Waals surface area contributed by atoms with E-state index in [1.165, 1.54) is 16.8 Å². The second-order valence-corrected chi connectivity index (χ2v) is 7.29. The summed E-state index contributed by atoms with van der Waals surface area (Å²) in [5, 5.41) is 3.36. The summed E-state index contributed by atoms with van der Waals surface area (Å²) in [6.07, 6.45) is 6.43. The van der Waals surface area contributed by atoms with Crippen molar-refractivity contribution in [1.29, 1.82) is 0 Å². The zero-order valence-electron chi connectivity index (χ0n) is 15.2. The molecule has 2 aliphatic rings. The summed E-state index contributed by atoms with van der Waals surface area (Å²) >= 11 is 0. The van der Waals surface area contributed by atoms with Gasteiger partial charge in [0.15, 0.2) is 0 Å². The first-order chi connectivity index (χ1) is 12.8. The topological polar surface area (TPSA) is 58.1 Å². The van der Waals surface area contributed by atoms with Crippen molar-refractivity contribution in [1.82, 2.24) is 20.2 Å². The lowest BCUT2D eigenvalue weighted by Gasteiger charge is -2.32. The Kier molecular flexibility index (Phi) is 5.25. The molecule has 0 unspecified atom stereocenters. The molecule has 1 aromatic carbocycles. The highest BCUT2D eigenvalue weighted by molar-refractivity contribution is 5.76. The molecule has 0 bridgehead atoms. The summed E-state index contributed by atoms with van der Waals surface area (Å²) in [6, 6.07) is 10.2. The van der Waals surface area contributed by atoms with Gasteiger partial charge >= 0.3 is 0 Å². The highest BCUT2D eigenvalue weighted by Crippen LogP contribution is 2.26. The summed E-state index contributed by atoms with van der Waals surface area (Å²) < 4.78 is 0. The monoisotopic (exact) mass is 350 g/mol. The van der Waals surface area contributed by atoms with Gasteiger partial charge in [0.05, 0.1) is 0 Å². The molecule has 4 rings (SSSR count). The zero-order chi connectivity index (χ0) is 17.8. The van der Waals surface area contributed by atoms with Crippen LogP contribution in [0, 0.1) is 0 Å². The van der Waals surface area contributed by atoms with Gasteiger partial charge in [-0.3, -0.25) is 4.79 Å². The van der Waals surface area contributed by atoms with E-state index >= 15 is 0 Å². The lowest BCUT2D eigenvalue weighted by atomic mass is 9.96. The fourth-order valence-corrected chi connectivity index (χ4v) is 3.92. The van der Waals surface area contributed by atoms with E-state index in [0.717, 1.165) is 57.7 Å². The lowest BCUT2D eigenvalue weighted by molar-refractivity contribution is -0.132. The van der Waals surface area contributed by atoms with Crippen molar-refractivity contribution in [3.63, 3.8) is 0 Å². The van der Waals surface area contributed by atoms with Gasteiger partial charge in [-0.2, -0.15) is 0 Å². The molecule has 2 aliphatic heterocycles. The van der Waals surface area contributed by atoms with Crippen LogP contribution < -0.4 is 5.32 Å². The Bertz CT molecular complexity index is 762. The van der Waals surface area contributed by atoms with E-state index in [9.17, 15) is 4.79 Å². The molecule has 0 radical (unpaired) electrons. The summed E-state index contributed by atoms with van der Waals surface area (Å²) in [6.45, 7) is 3.46. The van der Waals surface area contributed by atoms with Gasteiger partial charge in [-0.1, -0.05) is 30.3 Å². The molecule has 1 saturated heterocycles. The van der Waals surface area contributed by atoms with Crippen LogP contribution in [0.15, 0.2) is 36.5 Å². The van der Waals surface area contributed by atoms with Crippen LogP contribution in [-0.4, -0.2) is 40.4 Å². The van der Waals surface area contributed by atoms with Crippen LogP contribution in [0.5, 0.6) is 0 Å². The van der Waals surface area contributed by atoms with Gasteiger partial charge in [0, 0.05) is 62.4 Å². The molecular weight excluding hydrogens is 324 g/mol. The molecule has 5 nitrogen and oxygen atoms in total. The average molecular weight is 350 g/mol. The van der Waals surface area contributed by atoms with Crippen molar-refractivity contribution >= 4 is 5.91 Å². The van der Waals surface area contributed by atoms with Crippen molar-refractivity contribution in [2.45, 2.75) is 44.6 Å². The molecule has 5 heteroatoms. The number of aromatic nitrogens is 2. The van der Waals surface area contributed by atoms with Gasteiger partial charge in [-0.15, -0.1) is 0 Å². The number of hydrogen-bond acceptors (Lipinski definition) is 4. The number of nitrogens with zero attached hydrogens (tertiary/aromatic N) is 3. The number of aryl methyl sites for hydroxylation is 1. The first-order valence-electron chi connectivity index (χ1n) is 9.67. The number of amides is 1. The molecule has 0 saturated carbocycles. The number of carbonyl (C=O) groups is 1. The van der Waals surface area contributed by atoms with Crippen molar-refractivity contribution in [2.75, 3.05) is 19.6 Å². The molecule has 3 heterocycles. The standard InChI is InChI=1S/C21H26N4O/c26-20(9-8-16-5-2-1-3-6-16)25-12-4-7-17(15-25)21-23-14-18-13-22-11-10-19(18)24-21/h1-3,5-6,14,17,22H,4,7-13,15H2/t17-/m1/s1. The molecule has 136 valence electrons. The molecule has 1 atom stereocenters. The highest BCUT2D eigenvalue weighted by atomic mass is 16.2. The number of piperidine rings is 1. The molecule has 1 fully saturated rings. The SMILES string of the molecule is O=C(CCc1ccccc1)N1CCC[C@@H](c2ncc3c(n2)CCNC3)C1. The van der Waals surface area contributed by atoms with Crippen molar-refractivity contribution < 1.29 is 4.79 Å². The number of nitrogens with one attached hydrogen (secondary N) is 1. The van der Waals surface area contributed by atoms with Gasteiger partial charge in [-0.25, -0.2) is 9.97 Å². The Morgan fingerprint density at radius 2 is 2.15 bits per heavy atom. The number of hydrogen-bond donors (Lipinski definition) is 1.